The molecule has 6 aromatic rings. The zero-order valence-corrected chi connectivity index (χ0v) is 48.3. The Labute approximate surface area is 496 Å². The van der Waals surface area contributed by atoms with Crippen LogP contribution in [0.4, 0.5) is 11.4 Å². The molecule has 6 aromatic carbocycles. The minimum Gasteiger partial charge on any atom is -0.494 e. The predicted octanol–water partition coefficient (Wildman–Crippen LogP) is 12.1. The number of hydrogen-bond donors (Lipinski definition) is 2. The fourth-order valence-corrected chi connectivity index (χ4v) is 9.46. The molecule has 2 heterocycles. The first kappa shape index (κ1) is 60.7. The summed E-state index contributed by atoms with van der Waals surface area (Å²) >= 11 is 12.4. The number of halogens is 2. The van der Waals surface area contributed by atoms with Crippen molar-refractivity contribution in [3.8, 4) is 23.6 Å². The monoisotopic (exact) mass is 1160 g/mol. The molecule has 2 aliphatic rings. The maximum Gasteiger partial charge on any atom is 0.320 e. The second kappa shape index (κ2) is 31.7. The number of esters is 2. The molecule has 8 rings (SSSR count). The molecule has 0 amide bonds. The summed E-state index contributed by atoms with van der Waals surface area (Å²) in [6.45, 7) is 8.34. The Kier molecular flexibility index (Phi) is 23.2. The fourth-order valence-electron chi connectivity index (χ4n) is 9.21. The van der Waals surface area contributed by atoms with E-state index in [4.69, 9.17) is 51.6 Å². The molecule has 16 nitrogen and oxygen atoms in total. The lowest BCUT2D eigenvalue weighted by Crippen LogP contribution is -2.46. The normalized spacial score (nSPS) is 15.1. The van der Waals surface area contributed by atoms with Crippen LogP contribution in [0.25, 0.3) is 0 Å². The van der Waals surface area contributed by atoms with Crippen LogP contribution in [-0.4, -0.2) is 110 Å². The maximum absolute atomic E-state index is 14.3. The van der Waals surface area contributed by atoms with Crippen molar-refractivity contribution in [1.29, 1.82) is 10.5 Å². The molecule has 4 atom stereocenters. The van der Waals surface area contributed by atoms with E-state index < -0.39 is 43.3 Å². The molecule has 432 valence electrons. The first-order valence-electron chi connectivity index (χ1n) is 28.0. The molecular formula is C65H70Cl2N8O8. The number of carbonyl (C=O) groups is 2. The lowest BCUT2D eigenvalue weighted by molar-refractivity contribution is -0.182. The Balaban J connectivity index is 0.991. The van der Waals surface area contributed by atoms with Crippen LogP contribution in [0.15, 0.2) is 170 Å². The van der Waals surface area contributed by atoms with Gasteiger partial charge in [-0.1, -0.05) is 85.6 Å². The average Bonchev–Trinajstić information content (AvgIpc) is 4.13. The highest BCUT2D eigenvalue weighted by Crippen LogP contribution is 2.30. The number of rotatable bonds is 32. The smallest absolute Gasteiger partial charge is 0.320 e. The summed E-state index contributed by atoms with van der Waals surface area (Å²) in [5, 5.41) is 26.8. The van der Waals surface area contributed by atoms with Gasteiger partial charge >= 0.3 is 11.9 Å². The van der Waals surface area contributed by atoms with E-state index in [1.807, 2.05) is 166 Å². The van der Waals surface area contributed by atoms with E-state index in [1.54, 1.807) is 24.3 Å². The van der Waals surface area contributed by atoms with Crippen molar-refractivity contribution in [2.24, 2.45) is 0 Å². The Morgan fingerprint density at radius 2 is 0.880 bits per heavy atom. The third-order valence-corrected chi connectivity index (χ3v) is 14.2. The SMILES string of the molecule is CCCOc1ccc(C(CN2C=CN(CCNc3ccc(Cl)cc3)C2OC(=O)CC(=O)OC2N(CCNc3ccc(Cl)cc3)C=CN2CC(OCCc2ccc(C#N)cc2)c2ccc(OCCC)cc2)OCCc2ccc(C#N)cc2)cc1. The van der Waals surface area contributed by atoms with E-state index in [2.05, 4.69) is 36.6 Å². The van der Waals surface area contributed by atoms with Crippen molar-refractivity contribution < 1.29 is 38.0 Å². The minimum absolute atomic E-state index is 0.273. The van der Waals surface area contributed by atoms with E-state index in [-0.39, 0.29) is 13.1 Å². The zero-order valence-electron chi connectivity index (χ0n) is 46.8. The van der Waals surface area contributed by atoms with Crippen molar-refractivity contribution in [2.75, 3.05) is 76.3 Å². The van der Waals surface area contributed by atoms with Gasteiger partial charge in [0.1, 0.15) is 30.1 Å². The van der Waals surface area contributed by atoms with E-state index in [1.165, 1.54) is 0 Å². The van der Waals surface area contributed by atoms with Crippen LogP contribution in [-0.2, 0) is 41.4 Å². The van der Waals surface area contributed by atoms with Crippen LogP contribution in [0.2, 0.25) is 10.0 Å². The van der Waals surface area contributed by atoms with E-state index in [0.29, 0.717) is 86.6 Å². The molecule has 0 bridgehead atoms. The number of carbonyl (C=O) groups excluding carboxylic acids is 2. The molecule has 83 heavy (non-hydrogen) atoms. The summed E-state index contributed by atoms with van der Waals surface area (Å²) in [4.78, 5) is 36.2. The van der Waals surface area contributed by atoms with E-state index >= 15 is 0 Å². The summed E-state index contributed by atoms with van der Waals surface area (Å²) < 4.78 is 37.7. The van der Waals surface area contributed by atoms with E-state index in [0.717, 1.165) is 58.0 Å². The van der Waals surface area contributed by atoms with Gasteiger partial charge in [0, 0.05) is 72.4 Å². The van der Waals surface area contributed by atoms with Crippen molar-refractivity contribution >= 4 is 46.5 Å². The standard InChI is InChI=1S/C65H70Cl2N8O8/c1-3-39-78-58-25-13-52(14-26-58)60(80-41-29-48-5-9-50(44-68)10-6-48)46-74-37-35-72(33-31-70-56-21-17-54(66)18-22-56)64(74)82-62(76)43-63(77)83-65-73(34-32-71-57-23-19-55(67)20-24-57)36-38-75(65)47-61(53-15-27-59(28-16-53)79-40-4-2)81-42-30-49-7-11-51(45-69)12-8-49/h5-28,35-38,60-61,64-65,70-71H,3-4,29-34,39-43,46-47H2,1-2H3. The molecule has 0 saturated heterocycles. The van der Waals surface area contributed by atoms with Gasteiger partial charge in [0.05, 0.1) is 62.8 Å². The number of ether oxygens (including phenoxy) is 6. The summed E-state index contributed by atoms with van der Waals surface area (Å²) in [6, 6.07) is 49.6. The molecule has 4 unspecified atom stereocenters. The Morgan fingerprint density at radius 1 is 0.506 bits per heavy atom. The lowest BCUT2D eigenvalue weighted by Gasteiger charge is -2.35. The summed E-state index contributed by atoms with van der Waals surface area (Å²) in [5.41, 5.74) is 6.72. The quantitative estimate of drug-likeness (QED) is 0.0301. The number of nitrogens with zero attached hydrogens (tertiary/aromatic N) is 6. The van der Waals surface area contributed by atoms with Crippen molar-refractivity contribution in [3.05, 3.63) is 214 Å². The largest absolute Gasteiger partial charge is 0.494 e. The number of nitrogens with one attached hydrogen (secondary N) is 2. The minimum atomic E-state index is -0.958. The van der Waals surface area contributed by atoms with Gasteiger partial charge < -0.3 is 58.7 Å². The van der Waals surface area contributed by atoms with Gasteiger partial charge in [0.15, 0.2) is 0 Å². The first-order chi connectivity index (χ1) is 40.6. The van der Waals surface area contributed by atoms with Gasteiger partial charge in [0.2, 0.25) is 0 Å². The second-order valence-corrected chi connectivity index (χ2v) is 20.7. The van der Waals surface area contributed by atoms with Gasteiger partial charge in [-0.3, -0.25) is 9.59 Å². The first-order valence-corrected chi connectivity index (χ1v) is 28.8. The van der Waals surface area contributed by atoms with Crippen LogP contribution in [0.1, 0.15) is 78.7 Å². The number of anilines is 2. The van der Waals surface area contributed by atoms with Crippen LogP contribution >= 0.6 is 23.2 Å². The van der Waals surface area contributed by atoms with Crippen LogP contribution < -0.4 is 20.1 Å². The summed E-state index contributed by atoms with van der Waals surface area (Å²) in [5.74, 6) is -0.0917. The van der Waals surface area contributed by atoms with Gasteiger partial charge in [-0.2, -0.15) is 10.5 Å². The van der Waals surface area contributed by atoms with Gasteiger partial charge in [-0.25, -0.2) is 0 Å². The molecule has 2 aliphatic heterocycles. The molecule has 0 radical (unpaired) electrons. The van der Waals surface area contributed by atoms with Gasteiger partial charge in [-0.05, 0) is 145 Å². The topological polar surface area (TPSA) is 174 Å². The molecule has 0 aliphatic carbocycles. The van der Waals surface area contributed by atoms with Crippen LogP contribution in [0, 0.1) is 22.7 Å². The van der Waals surface area contributed by atoms with Crippen molar-refractivity contribution in [2.45, 2.75) is 70.9 Å². The number of nitriles is 2. The molecule has 0 fully saturated rings. The number of hydrogen-bond acceptors (Lipinski definition) is 16. The maximum atomic E-state index is 14.3. The van der Waals surface area contributed by atoms with Gasteiger partial charge in [0.25, 0.3) is 12.7 Å². The lowest BCUT2D eigenvalue weighted by atomic mass is 10.1. The second-order valence-electron chi connectivity index (χ2n) is 19.8. The Morgan fingerprint density at radius 3 is 1.24 bits per heavy atom. The Hall–Kier alpha value is -8.38. The van der Waals surface area contributed by atoms with Gasteiger partial charge in [-0.15, -0.1) is 0 Å². The summed E-state index contributed by atoms with van der Waals surface area (Å²) in [6.07, 6.45) is 6.80. The highest BCUT2D eigenvalue weighted by Gasteiger charge is 2.36. The fraction of sp³-hybridized carbons (Fsp3) is 0.323. The third-order valence-electron chi connectivity index (χ3n) is 13.7. The van der Waals surface area contributed by atoms with E-state index in [9.17, 15) is 20.1 Å². The molecular weight excluding hydrogens is 1090 g/mol. The third kappa shape index (κ3) is 18.8. The molecule has 0 saturated carbocycles. The van der Waals surface area contributed by atoms with Crippen LogP contribution in [0.3, 0.4) is 0 Å². The highest BCUT2D eigenvalue weighted by atomic mass is 35.5. The average molecular weight is 1160 g/mol. The predicted molar refractivity (Wildman–Crippen MR) is 321 cm³/mol. The molecule has 0 spiro atoms. The van der Waals surface area contributed by atoms with Crippen molar-refractivity contribution in [1.82, 2.24) is 19.6 Å². The number of benzene rings is 6. The Bertz CT molecular complexity index is 2910. The molecule has 0 aromatic heterocycles. The zero-order chi connectivity index (χ0) is 58.2. The summed E-state index contributed by atoms with van der Waals surface area (Å²) in [7, 11) is 0. The molecule has 2 N–H and O–H groups in total. The van der Waals surface area contributed by atoms with Crippen LogP contribution in [0.5, 0.6) is 11.5 Å². The van der Waals surface area contributed by atoms with Crippen molar-refractivity contribution in [3.63, 3.8) is 0 Å². The molecule has 18 heteroatoms. The highest BCUT2D eigenvalue weighted by molar-refractivity contribution is 6.30.